The van der Waals surface area contributed by atoms with Crippen LogP contribution < -0.4 is 5.73 Å². The SMILES string of the molecule is Cc1c(C(=O)OCC(=O)N2CCCC[C@@H]2C(N)=O)oc2c1ccc1ccccc12. The quantitative estimate of drug-likeness (QED) is 0.686. The summed E-state index contributed by atoms with van der Waals surface area (Å²) in [7, 11) is 0. The Labute approximate surface area is 167 Å². The highest BCUT2D eigenvalue weighted by Crippen LogP contribution is 2.32. The summed E-state index contributed by atoms with van der Waals surface area (Å²) in [5.41, 5.74) is 6.67. The van der Waals surface area contributed by atoms with Gasteiger partial charge < -0.3 is 19.8 Å². The molecule has 0 spiro atoms. The van der Waals surface area contributed by atoms with E-state index in [1.807, 2.05) is 36.4 Å². The Morgan fingerprint density at radius 2 is 1.93 bits per heavy atom. The summed E-state index contributed by atoms with van der Waals surface area (Å²) in [6, 6.07) is 11.0. The zero-order valence-electron chi connectivity index (χ0n) is 16.1. The Balaban J connectivity index is 1.53. The Morgan fingerprint density at radius 3 is 2.72 bits per heavy atom. The topological polar surface area (TPSA) is 103 Å². The van der Waals surface area contributed by atoms with Crippen molar-refractivity contribution in [2.45, 2.75) is 32.2 Å². The van der Waals surface area contributed by atoms with E-state index in [0.29, 0.717) is 24.1 Å². The highest BCUT2D eigenvalue weighted by Gasteiger charge is 2.31. The zero-order chi connectivity index (χ0) is 20.5. The van der Waals surface area contributed by atoms with Crippen molar-refractivity contribution in [2.75, 3.05) is 13.2 Å². The minimum Gasteiger partial charge on any atom is -0.450 e. The van der Waals surface area contributed by atoms with E-state index in [1.165, 1.54) is 4.90 Å². The van der Waals surface area contributed by atoms with Crippen LogP contribution in [0.4, 0.5) is 0 Å². The molecule has 1 fully saturated rings. The molecule has 4 rings (SSSR count). The maximum Gasteiger partial charge on any atom is 0.375 e. The van der Waals surface area contributed by atoms with Crippen LogP contribution in [0.3, 0.4) is 0 Å². The molecule has 0 bridgehead atoms. The number of rotatable bonds is 4. The Kier molecular flexibility index (Phi) is 4.96. The summed E-state index contributed by atoms with van der Waals surface area (Å²) in [4.78, 5) is 38.1. The van der Waals surface area contributed by atoms with Crippen molar-refractivity contribution < 1.29 is 23.5 Å². The molecule has 0 aliphatic carbocycles. The van der Waals surface area contributed by atoms with Crippen LogP contribution in [-0.4, -0.2) is 41.9 Å². The van der Waals surface area contributed by atoms with Crippen LogP contribution in [0.15, 0.2) is 40.8 Å². The van der Waals surface area contributed by atoms with Crippen LogP contribution in [0.25, 0.3) is 21.7 Å². The van der Waals surface area contributed by atoms with E-state index in [9.17, 15) is 14.4 Å². The first-order chi connectivity index (χ1) is 14.0. The molecule has 1 aliphatic heterocycles. The van der Waals surface area contributed by atoms with Gasteiger partial charge in [0.2, 0.25) is 11.7 Å². The third-order valence-corrected chi connectivity index (χ3v) is 5.49. The minimum atomic E-state index is -0.705. The lowest BCUT2D eigenvalue weighted by molar-refractivity contribution is -0.143. The number of carbonyl (C=O) groups excluding carboxylic acids is 3. The van der Waals surface area contributed by atoms with Gasteiger partial charge in [-0.3, -0.25) is 9.59 Å². The second-order valence-electron chi connectivity index (χ2n) is 7.30. The number of ether oxygens (including phenoxy) is 1. The van der Waals surface area contributed by atoms with Crippen LogP contribution in [0.5, 0.6) is 0 Å². The number of hydrogen-bond donors (Lipinski definition) is 1. The van der Waals surface area contributed by atoms with Crippen molar-refractivity contribution in [3.8, 4) is 0 Å². The molecule has 0 unspecified atom stereocenters. The summed E-state index contributed by atoms with van der Waals surface area (Å²) in [5.74, 6) is -1.59. The number of carbonyl (C=O) groups is 3. The molecule has 150 valence electrons. The highest BCUT2D eigenvalue weighted by atomic mass is 16.5. The number of furan rings is 1. The van der Waals surface area contributed by atoms with Gasteiger partial charge in [-0.1, -0.05) is 36.4 Å². The first-order valence-corrected chi connectivity index (χ1v) is 9.64. The smallest absolute Gasteiger partial charge is 0.375 e. The summed E-state index contributed by atoms with van der Waals surface area (Å²) < 4.78 is 11.1. The molecular weight excluding hydrogens is 372 g/mol. The molecule has 0 saturated carbocycles. The van der Waals surface area contributed by atoms with Crippen molar-refractivity contribution in [3.63, 3.8) is 0 Å². The summed E-state index contributed by atoms with van der Waals surface area (Å²) in [6.07, 6.45) is 2.16. The maximum atomic E-state index is 12.6. The molecule has 3 aromatic rings. The molecule has 1 saturated heterocycles. The van der Waals surface area contributed by atoms with Gasteiger partial charge in [0.25, 0.3) is 5.91 Å². The van der Waals surface area contributed by atoms with Gasteiger partial charge in [0, 0.05) is 22.9 Å². The third kappa shape index (κ3) is 3.44. The van der Waals surface area contributed by atoms with Crippen molar-refractivity contribution >= 4 is 39.5 Å². The maximum absolute atomic E-state index is 12.6. The molecule has 1 aliphatic rings. The Morgan fingerprint density at radius 1 is 1.14 bits per heavy atom. The summed E-state index contributed by atoms with van der Waals surface area (Å²) in [6.45, 7) is 1.76. The number of fused-ring (bicyclic) bond motifs is 3. The van der Waals surface area contributed by atoms with Gasteiger partial charge >= 0.3 is 5.97 Å². The fraction of sp³-hybridized carbons (Fsp3) is 0.318. The van der Waals surface area contributed by atoms with Gasteiger partial charge in [-0.15, -0.1) is 0 Å². The predicted molar refractivity (Wildman–Crippen MR) is 107 cm³/mol. The molecule has 2 N–H and O–H groups in total. The molecule has 2 amide bonds. The van der Waals surface area contributed by atoms with E-state index < -0.39 is 30.4 Å². The molecule has 7 nitrogen and oxygen atoms in total. The lowest BCUT2D eigenvalue weighted by atomic mass is 10.0. The molecule has 2 aromatic carbocycles. The van der Waals surface area contributed by atoms with E-state index >= 15 is 0 Å². The number of amides is 2. The van der Waals surface area contributed by atoms with Gasteiger partial charge in [0.05, 0.1) is 0 Å². The van der Waals surface area contributed by atoms with Gasteiger partial charge in [0.1, 0.15) is 11.6 Å². The minimum absolute atomic E-state index is 0.0780. The number of hydrogen-bond acceptors (Lipinski definition) is 5. The van der Waals surface area contributed by atoms with E-state index in [1.54, 1.807) is 6.92 Å². The van der Waals surface area contributed by atoms with Crippen LogP contribution in [0.2, 0.25) is 0 Å². The second-order valence-corrected chi connectivity index (χ2v) is 7.30. The molecular formula is C22H22N2O5. The third-order valence-electron chi connectivity index (χ3n) is 5.49. The predicted octanol–water partition coefficient (Wildman–Crippen LogP) is 2.92. The van der Waals surface area contributed by atoms with Crippen molar-refractivity contribution in [1.82, 2.24) is 4.90 Å². The zero-order valence-corrected chi connectivity index (χ0v) is 16.1. The molecule has 0 radical (unpaired) electrons. The van der Waals surface area contributed by atoms with Crippen LogP contribution in [-0.2, 0) is 14.3 Å². The number of benzene rings is 2. The van der Waals surface area contributed by atoms with E-state index in [4.69, 9.17) is 14.9 Å². The first kappa shape index (κ1) is 19.0. The second kappa shape index (κ2) is 7.58. The summed E-state index contributed by atoms with van der Waals surface area (Å²) >= 11 is 0. The number of likely N-dealkylation sites (tertiary alicyclic amines) is 1. The van der Waals surface area contributed by atoms with Gasteiger partial charge in [-0.05, 0) is 31.6 Å². The van der Waals surface area contributed by atoms with E-state index in [2.05, 4.69) is 0 Å². The van der Waals surface area contributed by atoms with E-state index in [0.717, 1.165) is 29.0 Å². The van der Waals surface area contributed by atoms with E-state index in [-0.39, 0.29) is 5.76 Å². The van der Waals surface area contributed by atoms with Gasteiger partial charge in [-0.2, -0.15) is 0 Å². The molecule has 29 heavy (non-hydrogen) atoms. The number of piperidine rings is 1. The van der Waals surface area contributed by atoms with Crippen molar-refractivity contribution in [3.05, 3.63) is 47.7 Å². The van der Waals surface area contributed by atoms with Crippen molar-refractivity contribution in [2.24, 2.45) is 5.73 Å². The molecule has 2 heterocycles. The normalized spacial score (nSPS) is 16.9. The molecule has 1 atom stereocenters. The number of nitrogens with zero attached hydrogens (tertiary/aromatic N) is 1. The van der Waals surface area contributed by atoms with Gasteiger partial charge in [-0.25, -0.2) is 4.79 Å². The number of primary amides is 1. The van der Waals surface area contributed by atoms with Crippen LogP contribution in [0, 0.1) is 6.92 Å². The number of aryl methyl sites for hydroxylation is 1. The largest absolute Gasteiger partial charge is 0.450 e. The Hall–Kier alpha value is -3.35. The van der Waals surface area contributed by atoms with Crippen LogP contribution in [0.1, 0.15) is 35.4 Å². The molecule has 1 aromatic heterocycles. The fourth-order valence-corrected chi connectivity index (χ4v) is 3.95. The fourth-order valence-electron chi connectivity index (χ4n) is 3.95. The van der Waals surface area contributed by atoms with Crippen molar-refractivity contribution in [1.29, 1.82) is 0 Å². The van der Waals surface area contributed by atoms with Crippen LogP contribution >= 0.6 is 0 Å². The highest BCUT2D eigenvalue weighted by molar-refractivity contribution is 6.08. The average molecular weight is 394 g/mol. The van der Waals surface area contributed by atoms with Gasteiger partial charge in [0.15, 0.2) is 6.61 Å². The lowest BCUT2D eigenvalue weighted by Crippen LogP contribution is -2.51. The average Bonchev–Trinajstić information content (AvgIpc) is 3.08. The monoisotopic (exact) mass is 394 g/mol. The standard InChI is InChI=1S/C22H22N2O5/c1-13-15-10-9-14-6-2-3-7-16(14)20(15)29-19(13)22(27)28-12-18(25)24-11-5-4-8-17(24)21(23)26/h2-3,6-7,9-10,17H,4-5,8,11-12H2,1H3,(H2,23,26)/t17-/m1/s1. The summed E-state index contributed by atoms with van der Waals surface area (Å²) in [5, 5.41) is 2.74. The number of esters is 1. The Bertz CT molecular complexity index is 1120. The molecule has 7 heteroatoms. The first-order valence-electron chi connectivity index (χ1n) is 9.64. The lowest BCUT2D eigenvalue weighted by Gasteiger charge is -2.33. The number of nitrogens with two attached hydrogens (primary N) is 1.